The molecule has 5 heteroatoms. The summed E-state index contributed by atoms with van der Waals surface area (Å²) in [6.45, 7) is 6.24. The molecule has 4 aromatic rings. The van der Waals surface area contributed by atoms with E-state index in [0.29, 0.717) is 0 Å². The first-order valence-corrected chi connectivity index (χ1v) is 12.7. The number of hydrogen-bond acceptors (Lipinski definition) is 3. The van der Waals surface area contributed by atoms with E-state index in [1.165, 1.54) is 0 Å². The molecule has 0 radical (unpaired) electrons. The highest BCUT2D eigenvalue weighted by Crippen LogP contribution is 2.62. The van der Waals surface area contributed by atoms with Crippen LogP contribution in [0, 0.1) is 0 Å². The molecule has 0 aromatic heterocycles. The van der Waals surface area contributed by atoms with Crippen molar-refractivity contribution in [3.63, 3.8) is 0 Å². The summed E-state index contributed by atoms with van der Waals surface area (Å²) in [4.78, 5) is 0. The van der Waals surface area contributed by atoms with E-state index in [2.05, 4.69) is 39.0 Å². The Labute approximate surface area is 189 Å². The Balaban J connectivity index is 1.83. The standard InChI is InChI=1S/C27H26BO3P/c1-27(2,3)28-30-24-19-18-20-12-10-11-17-23(20)25(24)26(31-28)32(29,21-13-6-4-7-14-21)22-15-8-5-9-16-22/h4-19,26H,1-3H3. The lowest BCUT2D eigenvalue weighted by molar-refractivity contribution is 0.194. The fraction of sp³-hybridized carbons (Fsp3) is 0.185. The van der Waals surface area contributed by atoms with Crippen molar-refractivity contribution in [2.45, 2.75) is 31.9 Å². The van der Waals surface area contributed by atoms with Crippen molar-refractivity contribution in [2.75, 3.05) is 0 Å². The van der Waals surface area contributed by atoms with E-state index < -0.39 is 20.1 Å². The second-order valence-electron chi connectivity index (χ2n) is 9.33. The van der Waals surface area contributed by atoms with Crippen molar-refractivity contribution < 1.29 is 13.9 Å². The predicted octanol–water partition coefficient (Wildman–Crippen LogP) is 6.55. The average Bonchev–Trinajstić information content (AvgIpc) is 2.83. The molecule has 1 atom stereocenters. The van der Waals surface area contributed by atoms with Crippen LogP contribution in [0.5, 0.6) is 5.75 Å². The summed E-state index contributed by atoms with van der Waals surface area (Å²) >= 11 is 0. The zero-order valence-corrected chi connectivity index (χ0v) is 19.5. The first-order chi connectivity index (χ1) is 15.4. The summed E-state index contributed by atoms with van der Waals surface area (Å²) in [5.41, 5.74) is 0.861. The van der Waals surface area contributed by atoms with Gasteiger partial charge in [0.1, 0.15) is 11.6 Å². The molecule has 0 fully saturated rings. The number of rotatable bonds is 3. The lowest BCUT2D eigenvalue weighted by atomic mass is 9.60. The Kier molecular flexibility index (Phi) is 5.24. The normalized spacial score (nSPS) is 16.5. The van der Waals surface area contributed by atoms with Gasteiger partial charge in [-0.15, -0.1) is 0 Å². The molecule has 32 heavy (non-hydrogen) atoms. The van der Waals surface area contributed by atoms with Crippen LogP contribution < -0.4 is 15.3 Å². The van der Waals surface area contributed by atoms with Crippen molar-refractivity contribution in [3.8, 4) is 5.75 Å². The fourth-order valence-corrected chi connectivity index (χ4v) is 7.31. The maximum Gasteiger partial charge on any atom is 0.531 e. The van der Waals surface area contributed by atoms with Gasteiger partial charge in [-0.1, -0.05) is 112 Å². The van der Waals surface area contributed by atoms with Crippen LogP contribution in [-0.2, 0) is 9.22 Å². The van der Waals surface area contributed by atoms with Gasteiger partial charge in [-0.3, -0.25) is 0 Å². The van der Waals surface area contributed by atoms with Gasteiger partial charge in [-0.25, -0.2) is 0 Å². The minimum absolute atomic E-state index is 0.292. The van der Waals surface area contributed by atoms with Gasteiger partial charge >= 0.3 is 7.12 Å². The number of hydrogen-bond donors (Lipinski definition) is 0. The first-order valence-electron chi connectivity index (χ1n) is 10.9. The van der Waals surface area contributed by atoms with Crippen LogP contribution in [0.1, 0.15) is 32.2 Å². The molecule has 0 saturated heterocycles. The van der Waals surface area contributed by atoms with E-state index in [9.17, 15) is 0 Å². The molecular formula is C27H26BO3P. The monoisotopic (exact) mass is 440 g/mol. The molecule has 1 unspecified atom stereocenters. The first kappa shape index (κ1) is 21.1. The molecule has 4 aromatic carbocycles. The molecule has 1 heterocycles. The van der Waals surface area contributed by atoms with Crippen LogP contribution in [0.15, 0.2) is 97.1 Å². The molecule has 1 aliphatic rings. The van der Waals surface area contributed by atoms with Crippen molar-refractivity contribution in [3.05, 3.63) is 103 Å². The SMILES string of the molecule is CC(C)(C)B1Oc2ccc3ccccc3c2C(P(=O)(c2ccccc2)c2ccccc2)O1. The Morgan fingerprint density at radius 3 is 1.91 bits per heavy atom. The van der Waals surface area contributed by atoms with Gasteiger partial charge in [0.25, 0.3) is 0 Å². The zero-order chi connectivity index (χ0) is 22.3. The summed E-state index contributed by atoms with van der Waals surface area (Å²) in [6, 6.07) is 31.7. The van der Waals surface area contributed by atoms with Crippen molar-refractivity contribution >= 4 is 35.6 Å². The third kappa shape index (κ3) is 3.48. The third-order valence-corrected chi connectivity index (χ3v) is 9.15. The van der Waals surface area contributed by atoms with Gasteiger partial charge in [0, 0.05) is 21.5 Å². The molecule has 160 valence electrons. The van der Waals surface area contributed by atoms with Crippen molar-refractivity contribution in [2.24, 2.45) is 0 Å². The topological polar surface area (TPSA) is 35.5 Å². The zero-order valence-electron chi connectivity index (χ0n) is 18.6. The third-order valence-electron chi connectivity index (χ3n) is 5.98. The smallest absolute Gasteiger partial charge is 0.531 e. The summed E-state index contributed by atoms with van der Waals surface area (Å²) in [5.74, 6) is 0.0818. The van der Waals surface area contributed by atoms with Gasteiger partial charge < -0.3 is 13.9 Å². The van der Waals surface area contributed by atoms with Crippen molar-refractivity contribution in [1.29, 1.82) is 0 Å². The van der Waals surface area contributed by atoms with E-state index in [1.807, 2.05) is 78.9 Å². The molecule has 0 N–H and O–H groups in total. The quantitative estimate of drug-likeness (QED) is 0.268. The van der Waals surface area contributed by atoms with Gasteiger partial charge in [0.15, 0.2) is 7.14 Å². The van der Waals surface area contributed by atoms with E-state index in [4.69, 9.17) is 9.31 Å². The summed E-state index contributed by atoms with van der Waals surface area (Å²) < 4.78 is 28.3. The Hall–Kier alpha value is -2.81. The molecular weight excluding hydrogens is 414 g/mol. The van der Waals surface area contributed by atoms with Gasteiger partial charge in [0.05, 0.1) is 0 Å². The van der Waals surface area contributed by atoms with Gasteiger partial charge in [-0.2, -0.15) is 0 Å². The highest BCUT2D eigenvalue weighted by Gasteiger charge is 2.50. The lowest BCUT2D eigenvalue weighted by Gasteiger charge is -2.40. The highest BCUT2D eigenvalue weighted by molar-refractivity contribution is 7.78. The maximum absolute atomic E-state index is 15.3. The summed E-state index contributed by atoms with van der Waals surface area (Å²) in [7, 11) is -3.77. The Bertz CT molecular complexity index is 1260. The van der Waals surface area contributed by atoms with E-state index in [1.54, 1.807) is 0 Å². The second kappa shape index (κ2) is 7.96. The fourth-order valence-electron chi connectivity index (χ4n) is 4.33. The molecule has 0 spiro atoms. The molecule has 3 nitrogen and oxygen atoms in total. The molecule has 5 rings (SSSR count). The predicted molar refractivity (Wildman–Crippen MR) is 134 cm³/mol. The average molecular weight is 440 g/mol. The maximum atomic E-state index is 15.3. The Morgan fingerprint density at radius 1 is 0.750 bits per heavy atom. The van der Waals surface area contributed by atoms with E-state index >= 15 is 4.57 Å². The van der Waals surface area contributed by atoms with Crippen LogP contribution in [0.4, 0.5) is 0 Å². The Morgan fingerprint density at radius 2 is 1.31 bits per heavy atom. The molecule has 0 saturated carbocycles. The minimum Gasteiger partial charge on any atom is -0.535 e. The van der Waals surface area contributed by atoms with Crippen LogP contribution in [0.25, 0.3) is 10.8 Å². The van der Waals surface area contributed by atoms with Crippen molar-refractivity contribution in [1.82, 2.24) is 0 Å². The summed E-state index contributed by atoms with van der Waals surface area (Å²) in [6.07, 6.45) is 0. The second-order valence-corrected chi connectivity index (χ2v) is 12.1. The minimum atomic E-state index is -3.25. The molecule has 1 aliphatic heterocycles. The molecule has 0 aliphatic carbocycles. The van der Waals surface area contributed by atoms with E-state index in [-0.39, 0.29) is 5.31 Å². The highest BCUT2D eigenvalue weighted by atomic mass is 31.2. The van der Waals surface area contributed by atoms with Gasteiger partial charge in [-0.05, 0) is 16.8 Å². The van der Waals surface area contributed by atoms with Crippen LogP contribution >= 0.6 is 7.14 Å². The number of benzene rings is 4. The number of fused-ring (bicyclic) bond motifs is 3. The van der Waals surface area contributed by atoms with Crippen LogP contribution in [-0.4, -0.2) is 7.12 Å². The van der Waals surface area contributed by atoms with E-state index in [0.717, 1.165) is 32.7 Å². The lowest BCUT2D eigenvalue weighted by Crippen LogP contribution is -2.42. The summed E-state index contributed by atoms with van der Waals surface area (Å²) in [5, 5.41) is 3.36. The van der Waals surface area contributed by atoms with Gasteiger partial charge in [0.2, 0.25) is 0 Å². The van der Waals surface area contributed by atoms with Crippen LogP contribution in [0.3, 0.4) is 0 Å². The van der Waals surface area contributed by atoms with Crippen LogP contribution in [0.2, 0.25) is 5.31 Å². The largest absolute Gasteiger partial charge is 0.535 e. The molecule has 0 bridgehead atoms. The molecule has 0 amide bonds.